The molecule has 0 saturated heterocycles. The van der Waals surface area contributed by atoms with E-state index in [4.69, 9.17) is 5.14 Å². The summed E-state index contributed by atoms with van der Waals surface area (Å²) in [6, 6.07) is 0. The second-order valence-electron chi connectivity index (χ2n) is 3.97. The number of unbranched alkanes of at least 4 members (excludes halogenated alkanes) is 3. The zero-order valence-electron chi connectivity index (χ0n) is 9.96. The highest BCUT2D eigenvalue weighted by Gasteiger charge is 2.08. The Morgan fingerprint density at radius 1 is 1.24 bits per heavy atom. The molecule has 0 amide bonds. The van der Waals surface area contributed by atoms with Crippen molar-refractivity contribution in [1.82, 2.24) is 19.5 Å². The molecule has 0 aliphatic rings. The van der Waals surface area contributed by atoms with Gasteiger partial charge in [0, 0.05) is 6.54 Å². The average Bonchev–Trinajstić information content (AvgIpc) is 2.78. The molecule has 0 spiro atoms. The van der Waals surface area contributed by atoms with Crippen molar-refractivity contribution in [1.29, 1.82) is 0 Å². The van der Waals surface area contributed by atoms with Gasteiger partial charge in [0.2, 0.25) is 0 Å². The largest absolute Gasteiger partial charge is 0.315 e. The van der Waals surface area contributed by atoms with E-state index in [1.165, 1.54) is 19.3 Å². The summed E-state index contributed by atoms with van der Waals surface area (Å²) in [4.78, 5) is 12.7. The number of fused-ring (bicyclic) bond motifs is 1. The molecule has 92 valence electrons. The molecule has 0 saturated carbocycles. The topological polar surface area (TPSA) is 69.6 Å². The van der Waals surface area contributed by atoms with Crippen LogP contribution in [0.1, 0.15) is 32.6 Å². The molecule has 0 fully saturated rings. The van der Waals surface area contributed by atoms with Crippen LogP contribution in [-0.4, -0.2) is 19.5 Å². The first-order chi connectivity index (χ1) is 8.36. The van der Waals surface area contributed by atoms with Gasteiger partial charge in [-0.1, -0.05) is 26.2 Å². The van der Waals surface area contributed by atoms with Gasteiger partial charge in [-0.2, -0.15) is 0 Å². The lowest BCUT2D eigenvalue weighted by Gasteiger charge is -2.03. The van der Waals surface area contributed by atoms with Crippen molar-refractivity contribution in [3.63, 3.8) is 0 Å². The summed E-state index contributed by atoms with van der Waals surface area (Å²) < 4.78 is 2.08. The fourth-order valence-corrected chi connectivity index (χ4v) is 2.18. The smallest absolute Gasteiger partial charge is 0.164 e. The number of nitrogens with zero attached hydrogens (tertiary/aromatic N) is 4. The Hall–Kier alpha value is -1.14. The lowest BCUT2D eigenvalue weighted by Crippen LogP contribution is -1.98. The maximum atomic E-state index is 5.54. The van der Waals surface area contributed by atoms with Gasteiger partial charge in [-0.3, -0.25) is 5.14 Å². The summed E-state index contributed by atoms with van der Waals surface area (Å²) in [5.41, 5.74) is 1.68. The maximum Gasteiger partial charge on any atom is 0.164 e. The van der Waals surface area contributed by atoms with E-state index in [1.54, 1.807) is 6.33 Å². The van der Waals surface area contributed by atoms with Crippen molar-refractivity contribution in [2.45, 2.75) is 44.2 Å². The molecule has 5 nitrogen and oxygen atoms in total. The molecule has 2 aromatic rings. The maximum absolute atomic E-state index is 5.54. The number of nitrogens with two attached hydrogens (primary N) is 1. The van der Waals surface area contributed by atoms with Crippen LogP contribution >= 0.6 is 11.9 Å². The normalized spacial score (nSPS) is 11.2. The minimum Gasteiger partial charge on any atom is -0.315 e. The van der Waals surface area contributed by atoms with Crippen molar-refractivity contribution in [2.24, 2.45) is 5.14 Å². The third-order valence-corrected chi connectivity index (χ3v) is 3.25. The lowest BCUT2D eigenvalue weighted by molar-refractivity contribution is 0.589. The minimum absolute atomic E-state index is 0.738. The van der Waals surface area contributed by atoms with Crippen molar-refractivity contribution in [2.75, 3.05) is 0 Å². The molecule has 0 aromatic carbocycles. The van der Waals surface area contributed by atoms with E-state index in [0.717, 1.165) is 41.1 Å². The third-order valence-electron chi connectivity index (χ3n) is 2.73. The first-order valence-electron chi connectivity index (χ1n) is 5.89. The van der Waals surface area contributed by atoms with Crippen LogP contribution in [0.5, 0.6) is 0 Å². The van der Waals surface area contributed by atoms with E-state index in [-0.39, 0.29) is 0 Å². The highest BCUT2D eigenvalue weighted by atomic mass is 32.2. The van der Waals surface area contributed by atoms with Crippen molar-refractivity contribution >= 4 is 23.1 Å². The Morgan fingerprint density at radius 2 is 2.12 bits per heavy atom. The Kier molecular flexibility index (Phi) is 4.33. The SMILES string of the molecule is CCCCCCn1cnc2c(SN)ncnc21. The molecule has 6 heteroatoms. The molecule has 2 N–H and O–H groups in total. The standard InChI is InChI=1S/C11H17N5S/c1-2-3-4-5-6-16-8-15-9-10(16)13-7-14-11(9)17-12/h7-8H,2-6,12H2,1H3. The van der Waals surface area contributed by atoms with Crippen molar-refractivity contribution in [3.8, 4) is 0 Å². The van der Waals surface area contributed by atoms with Gasteiger partial charge in [-0.15, -0.1) is 0 Å². The van der Waals surface area contributed by atoms with Gasteiger partial charge >= 0.3 is 0 Å². The van der Waals surface area contributed by atoms with Gasteiger partial charge in [-0.05, 0) is 18.4 Å². The third kappa shape index (κ3) is 2.76. The highest BCUT2D eigenvalue weighted by molar-refractivity contribution is 7.97. The summed E-state index contributed by atoms with van der Waals surface area (Å²) in [5, 5.41) is 6.28. The Bertz CT molecular complexity index is 482. The van der Waals surface area contributed by atoms with Gasteiger partial charge < -0.3 is 4.57 Å². The Morgan fingerprint density at radius 3 is 2.88 bits per heavy atom. The van der Waals surface area contributed by atoms with Gasteiger partial charge in [0.05, 0.1) is 6.33 Å². The van der Waals surface area contributed by atoms with E-state index in [9.17, 15) is 0 Å². The molecule has 0 aliphatic heterocycles. The lowest BCUT2D eigenvalue weighted by atomic mass is 10.2. The first-order valence-corrected chi connectivity index (χ1v) is 6.77. The zero-order valence-corrected chi connectivity index (χ0v) is 10.8. The number of imidazole rings is 1. The summed E-state index contributed by atoms with van der Waals surface area (Å²) in [6.07, 6.45) is 8.31. The van der Waals surface area contributed by atoms with E-state index in [0.29, 0.717) is 0 Å². The number of aryl methyl sites for hydroxylation is 1. The molecule has 0 aliphatic carbocycles. The molecule has 2 aromatic heterocycles. The van der Waals surface area contributed by atoms with Crippen molar-refractivity contribution in [3.05, 3.63) is 12.7 Å². The van der Waals surface area contributed by atoms with Crippen LogP contribution in [0.2, 0.25) is 0 Å². The Balaban J connectivity index is 2.13. The number of aromatic nitrogens is 4. The summed E-state index contributed by atoms with van der Waals surface area (Å²) in [5.74, 6) is 0. The van der Waals surface area contributed by atoms with E-state index >= 15 is 0 Å². The van der Waals surface area contributed by atoms with Crippen LogP contribution in [0.4, 0.5) is 0 Å². The molecule has 0 atom stereocenters. The predicted molar refractivity (Wildman–Crippen MR) is 69.5 cm³/mol. The molecule has 0 unspecified atom stereocenters. The van der Waals surface area contributed by atoms with Crippen LogP contribution in [0, 0.1) is 0 Å². The van der Waals surface area contributed by atoms with Crippen LogP contribution in [0.25, 0.3) is 11.2 Å². The van der Waals surface area contributed by atoms with Gasteiger partial charge in [0.15, 0.2) is 5.65 Å². The van der Waals surface area contributed by atoms with E-state index in [2.05, 4.69) is 26.4 Å². The number of hydrogen-bond donors (Lipinski definition) is 1. The molecule has 0 radical (unpaired) electrons. The minimum atomic E-state index is 0.738. The fraction of sp³-hybridized carbons (Fsp3) is 0.545. The molecule has 17 heavy (non-hydrogen) atoms. The van der Waals surface area contributed by atoms with Gasteiger partial charge in [-0.25, -0.2) is 15.0 Å². The molecule has 2 heterocycles. The predicted octanol–water partition coefficient (Wildman–Crippen LogP) is 2.37. The second kappa shape index (κ2) is 5.97. The average molecular weight is 251 g/mol. The van der Waals surface area contributed by atoms with Crippen LogP contribution < -0.4 is 5.14 Å². The molecular formula is C11H17N5S. The van der Waals surface area contributed by atoms with Crippen LogP contribution in [0.3, 0.4) is 0 Å². The summed E-state index contributed by atoms with van der Waals surface area (Å²) in [6.45, 7) is 3.17. The quantitative estimate of drug-likeness (QED) is 0.485. The van der Waals surface area contributed by atoms with Crippen molar-refractivity contribution < 1.29 is 0 Å². The summed E-state index contributed by atoms with van der Waals surface area (Å²) in [7, 11) is 0. The van der Waals surface area contributed by atoms with Gasteiger partial charge in [0.25, 0.3) is 0 Å². The zero-order chi connectivity index (χ0) is 12.1. The molecular weight excluding hydrogens is 234 g/mol. The number of rotatable bonds is 6. The first kappa shape index (κ1) is 12.3. The Labute approximate surface area is 105 Å². The molecule has 0 bridgehead atoms. The van der Waals surface area contributed by atoms with Crippen LogP contribution in [-0.2, 0) is 6.54 Å². The number of hydrogen-bond acceptors (Lipinski definition) is 5. The second-order valence-corrected chi connectivity index (χ2v) is 4.59. The van der Waals surface area contributed by atoms with E-state index < -0.39 is 0 Å². The highest BCUT2D eigenvalue weighted by Crippen LogP contribution is 2.19. The van der Waals surface area contributed by atoms with E-state index in [1.807, 2.05) is 6.33 Å². The van der Waals surface area contributed by atoms with Crippen LogP contribution in [0.15, 0.2) is 17.7 Å². The molecule has 2 rings (SSSR count). The monoisotopic (exact) mass is 251 g/mol. The van der Waals surface area contributed by atoms with Gasteiger partial charge in [0.1, 0.15) is 16.9 Å². The fourth-order valence-electron chi connectivity index (χ4n) is 1.82. The summed E-state index contributed by atoms with van der Waals surface area (Å²) >= 11 is 1.12.